The van der Waals surface area contributed by atoms with E-state index in [4.69, 9.17) is 0 Å². The summed E-state index contributed by atoms with van der Waals surface area (Å²) in [5, 5.41) is 24.5. The zero-order chi connectivity index (χ0) is 17.8. The van der Waals surface area contributed by atoms with E-state index in [9.17, 15) is 4.79 Å². The van der Waals surface area contributed by atoms with Gasteiger partial charge in [0.1, 0.15) is 5.69 Å². The van der Waals surface area contributed by atoms with E-state index in [-0.39, 0.29) is 18.3 Å². The lowest BCUT2D eigenvalue weighted by molar-refractivity contribution is 0.0944. The van der Waals surface area contributed by atoms with Gasteiger partial charge in [0.05, 0.1) is 6.04 Å². The third-order valence-corrected chi connectivity index (χ3v) is 4.50. The van der Waals surface area contributed by atoms with Gasteiger partial charge in [-0.3, -0.25) is 9.48 Å². The van der Waals surface area contributed by atoms with Gasteiger partial charge in [-0.1, -0.05) is 24.3 Å². The lowest BCUT2D eigenvalue weighted by Crippen LogP contribution is -2.32. The summed E-state index contributed by atoms with van der Waals surface area (Å²) in [6.45, 7) is 2.38. The van der Waals surface area contributed by atoms with Crippen molar-refractivity contribution in [3.05, 3.63) is 47.8 Å². The van der Waals surface area contributed by atoms with Crippen LogP contribution in [0.1, 0.15) is 34.9 Å². The molecular weight excluding hydrogens is 368 g/mol. The van der Waals surface area contributed by atoms with Crippen molar-refractivity contribution in [2.75, 3.05) is 13.1 Å². The molecule has 4 rings (SSSR count). The largest absolute Gasteiger partial charge is 0.347 e. The molecule has 1 unspecified atom stereocenters. The second kappa shape index (κ2) is 8.74. The van der Waals surface area contributed by atoms with Gasteiger partial charge >= 0.3 is 0 Å². The van der Waals surface area contributed by atoms with Gasteiger partial charge in [-0.05, 0) is 36.2 Å². The fourth-order valence-electron chi connectivity index (χ4n) is 3.05. The molecule has 0 bridgehead atoms. The number of halogens is 1. The van der Waals surface area contributed by atoms with E-state index in [0.717, 1.165) is 37.1 Å². The molecule has 9 nitrogen and oxygen atoms in total. The van der Waals surface area contributed by atoms with Crippen LogP contribution in [0, 0.1) is 0 Å². The van der Waals surface area contributed by atoms with Crippen molar-refractivity contribution < 1.29 is 4.79 Å². The fourth-order valence-corrected chi connectivity index (χ4v) is 3.05. The van der Waals surface area contributed by atoms with E-state index in [2.05, 4.69) is 36.4 Å². The van der Waals surface area contributed by atoms with Crippen molar-refractivity contribution in [2.45, 2.75) is 25.4 Å². The number of hydrogen-bond donors (Lipinski definition) is 3. The van der Waals surface area contributed by atoms with E-state index in [0.29, 0.717) is 24.1 Å². The van der Waals surface area contributed by atoms with Crippen LogP contribution < -0.4 is 10.6 Å². The van der Waals surface area contributed by atoms with E-state index in [1.807, 2.05) is 35.1 Å². The predicted molar refractivity (Wildman–Crippen MR) is 101 cm³/mol. The Bertz CT molecular complexity index is 855. The number of benzene rings is 1. The number of carbonyl (C=O) groups excluding carboxylic acids is 1. The summed E-state index contributed by atoms with van der Waals surface area (Å²) in [4.78, 5) is 12.3. The molecule has 1 aliphatic rings. The molecule has 3 N–H and O–H groups in total. The van der Waals surface area contributed by atoms with Crippen LogP contribution in [0.25, 0.3) is 11.4 Å². The lowest BCUT2D eigenvalue weighted by atomic mass is 10.1. The van der Waals surface area contributed by atoms with Gasteiger partial charge < -0.3 is 10.6 Å². The number of nitrogens with zero attached hydrogens (tertiary/aromatic N) is 5. The van der Waals surface area contributed by atoms with Crippen molar-refractivity contribution >= 4 is 18.3 Å². The summed E-state index contributed by atoms with van der Waals surface area (Å²) in [5.74, 6) is 0.373. The molecule has 0 spiro atoms. The second-order valence-electron chi connectivity index (χ2n) is 6.30. The average molecular weight is 389 g/mol. The molecule has 1 aromatic carbocycles. The SMILES string of the molecule is Cl.O=C(NCc1ccc(-c2nn[nH]n2)cc1)c1ccn(C2CCCNC2)n1. The van der Waals surface area contributed by atoms with Crippen molar-refractivity contribution in [3.63, 3.8) is 0 Å². The quantitative estimate of drug-likeness (QED) is 0.607. The Kier molecular flexibility index (Phi) is 6.15. The topological polar surface area (TPSA) is 113 Å². The van der Waals surface area contributed by atoms with Gasteiger partial charge in [-0.2, -0.15) is 10.3 Å². The lowest BCUT2D eigenvalue weighted by Gasteiger charge is -2.22. The van der Waals surface area contributed by atoms with E-state index in [1.54, 1.807) is 6.07 Å². The highest BCUT2D eigenvalue weighted by Gasteiger charge is 2.17. The molecule has 2 aromatic heterocycles. The molecule has 3 aromatic rings. The number of aromatic amines is 1. The zero-order valence-corrected chi connectivity index (χ0v) is 15.4. The van der Waals surface area contributed by atoms with Crippen LogP contribution in [0.5, 0.6) is 0 Å². The van der Waals surface area contributed by atoms with Crippen molar-refractivity contribution in [1.82, 2.24) is 41.0 Å². The molecule has 1 saturated heterocycles. The van der Waals surface area contributed by atoms with E-state index in [1.165, 1.54) is 0 Å². The van der Waals surface area contributed by atoms with E-state index >= 15 is 0 Å². The number of carbonyl (C=O) groups is 1. The Hall–Kier alpha value is -2.78. The first kappa shape index (κ1) is 19.0. The maximum absolute atomic E-state index is 12.3. The number of amides is 1. The minimum absolute atomic E-state index is 0. The molecule has 0 saturated carbocycles. The fraction of sp³-hybridized carbons (Fsp3) is 0.353. The molecule has 1 fully saturated rings. The molecule has 1 amide bonds. The summed E-state index contributed by atoms with van der Waals surface area (Å²) in [5.41, 5.74) is 2.30. The van der Waals surface area contributed by atoms with Gasteiger partial charge in [-0.25, -0.2) is 0 Å². The highest BCUT2D eigenvalue weighted by atomic mass is 35.5. The van der Waals surface area contributed by atoms with Crippen LogP contribution in [0.4, 0.5) is 0 Å². The highest BCUT2D eigenvalue weighted by molar-refractivity contribution is 5.92. The minimum Gasteiger partial charge on any atom is -0.347 e. The third kappa shape index (κ3) is 4.50. The number of rotatable bonds is 5. The van der Waals surface area contributed by atoms with Gasteiger partial charge in [0.2, 0.25) is 5.82 Å². The van der Waals surface area contributed by atoms with Crippen LogP contribution in [0.3, 0.4) is 0 Å². The first-order valence-electron chi connectivity index (χ1n) is 8.66. The maximum Gasteiger partial charge on any atom is 0.272 e. The third-order valence-electron chi connectivity index (χ3n) is 4.50. The Balaban J connectivity index is 0.00000210. The molecule has 3 heterocycles. The molecule has 1 atom stereocenters. The molecule has 1 aliphatic heterocycles. The number of tetrazole rings is 1. The average Bonchev–Trinajstić information content (AvgIpc) is 3.39. The van der Waals surface area contributed by atoms with Gasteiger partial charge in [0, 0.05) is 24.8 Å². The van der Waals surface area contributed by atoms with Crippen molar-refractivity contribution in [1.29, 1.82) is 0 Å². The Labute approximate surface area is 162 Å². The Morgan fingerprint density at radius 2 is 2.11 bits per heavy atom. The maximum atomic E-state index is 12.3. The van der Waals surface area contributed by atoms with Crippen LogP contribution in [0.2, 0.25) is 0 Å². The number of hydrogen-bond acceptors (Lipinski definition) is 6. The molecule has 27 heavy (non-hydrogen) atoms. The first-order chi connectivity index (χ1) is 12.8. The molecule has 142 valence electrons. The van der Waals surface area contributed by atoms with Gasteiger partial charge in [0.15, 0.2) is 0 Å². The van der Waals surface area contributed by atoms with Crippen molar-refractivity contribution in [2.24, 2.45) is 0 Å². The number of H-pyrrole nitrogens is 1. The summed E-state index contributed by atoms with van der Waals surface area (Å²) in [6.07, 6.45) is 4.10. The first-order valence-corrected chi connectivity index (χ1v) is 8.66. The van der Waals surface area contributed by atoms with Crippen molar-refractivity contribution in [3.8, 4) is 11.4 Å². The second-order valence-corrected chi connectivity index (χ2v) is 6.30. The van der Waals surface area contributed by atoms with Crippen LogP contribution >= 0.6 is 12.4 Å². The number of piperidine rings is 1. The highest BCUT2D eigenvalue weighted by Crippen LogP contribution is 2.16. The molecular formula is C17H21ClN8O. The zero-order valence-electron chi connectivity index (χ0n) is 14.6. The van der Waals surface area contributed by atoms with Gasteiger partial charge in [0.25, 0.3) is 5.91 Å². The summed E-state index contributed by atoms with van der Waals surface area (Å²) < 4.78 is 1.89. The monoisotopic (exact) mass is 388 g/mol. The molecule has 0 aliphatic carbocycles. The smallest absolute Gasteiger partial charge is 0.272 e. The minimum atomic E-state index is -0.172. The Morgan fingerprint density at radius 3 is 2.81 bits per heavy atom. The van der Waals surface area contributed by atoms with Crippen LogP contribution in [-0.2, 0) is 6.54 Å². The van der Waals surface area contributed by atoms with Gasteiger partial charge in [-0.15, -0.1) is 22.6 Å². The van der Waals surface area contributed by atoms with E-state index < -0.39 is 0 Å². The summed E-state index contributed by atoms with van der Waals surface area (Å²) in [7, 11) is 0. The van der Waals surface area contributed by atoms with Crippen LogP contribution in [-0.4, -0.2) is 49.4 Å². The molecule has 10 heteroatoms. The number of nitrogens with one attached hydrogen (secondary N) is 3. The predicted octanol–water partition coefficient (Wildman–Crippen LogP) is 1.34. The number of aromatic nitrogens is 6. The van der Waals surface area contributed by atoms with Crippen LogP contribution in [0.15, 0.2) is 36.5 Å². The summed E-state index contributed by atoms with van der Waals surface area (Å²) in [6, 6.07) is 9.75. The summed E-state index contributed by atoms with van der Waals surface area (Å²) >= 11 is 0. The standard InChI is InChI=1S/C17H20N8O.ClH/c26-17(15-7-9-25(22-15)14-2-1-8-18-11-14)19-10-12-3-5-13(6-4-12)16-20-23-24-21-16;/h3-7,9,14,18H,1-2,8,10-11H2,(H,19,26)(H,20,21,23,24);1H. The Morgan fingerprint density at radius 1 is 1.26 bits per heavy atom. The molecule has 0 radical (unpaired) electrons. The normalized spacial score (nSPS) is 16.5.